The Labute approximate surface area is 855 Å². The van der Waals surface area contributed by atoms with Crippen LogP contribution in [0, 0.1) is 34.6 Å². The molecule has 0 bridgehead atoms. The fraction of sp³-hybridized carbons (Fsp3) is 0.0698. The number of benzene rings is 15. The first-order valence-electron chi connectivity index (χ1n) is 48.3. The number of fused-ring (bicyclic) bond motifs is 15. The first kappa shape index (κ1) is 96.3. The number of aromatic amines is 1. The molecule has 0 radical (unpaired) electrons. The molecule has 0 saturated carbocycles. The van der Waals surface area contributed by atoms with Gasteiger partial charge in [-0.15, -0.1) is 0 Å². The average molecular weight is 1970 g/mol. The third kappa shape index (κ3) is 18.1. The van der Waals surface area contributed by atoms with E-state index in [-0.39, 0.29) is 46.1 Å². The highest BCUT2D eigenvalue weighted by molar-refractivity contribution is 6.26. The second-order valence-electron chi connectivity index (χ2n) is 36.4. The van der Waals surface area contributed by atoms with Gasteiger partial charge in [0.25, 0.3) is 0 Å². The second kappa shape index (κ2) is 40.8. The molecular weight excluding hydrogens is 1880 g/mol. The van der Waals surface area contributed by atoms with Crippen LogP contribution in [0.15, 0.2) is 443 Å². The summed E-state index contributed by atoms with van der Waals surface area (Å²) in [6.07, 6.45) is 0.515. The molecule has 21 nitrogen and oxygen atoms in total. The van der Waals surface area contributed by atoms with Crippen molar-refractivity contribution in [1.29, 1.82) is 0 Å². The van der Waals surface area contributed by atoms with Gasteiger partial charge in [0.05, 0.1) is 63.7 Å². The highest BCUT2D eigenvalue weighted by atomic mass is 16.5. The topological polar surface area (TPSA) is 302 Å². The van der Waals surface area contributed by atoms with E-state index in [4.69, 9.17) is 40.4 Å². The minimum Gasteiger partial charge on any atom is -0.497 e. The van der Waals surface area contributed by atoms with E-state index in [9.17, 15) is 47.9 Å². The highest BCUT2D eigenvalue weighted by Gasteiger charge is 2.35. The summed E-state index contributed by atoms with van der Waals surface area (Å²) in [6.45, 7) is 9.40. The number of carbonyl (C=O) groups is 5. The second-order valence-corrected chi connectivity index (χ2v) is 36.4. The third-order valence-electron chi connectivity index (χ3n) is 27.1. The van der Waals surface area contributed by atoms with Crippen molar-refractivity contribution in [2.45, 2.75) is 41.0 Å². The first-order chi connectivity index (χ1) is 73.0. The molecule has 1 aliphatic rings. The molecule has 21 heteroatoms. The fourth-order valence-electron chi connectivity index (χ4n) is 20.0. The number of furan rings is 2. The van der Waals surface area contributed by atoms with E-state index < -0.39 is 22.5 Å². The minimum absolute atomic E-state index is 0.00352. The number of allylic oxidation sites excluding steroid dienone is 1. The molecule has 0 spiro atoms. The summed E-state index contributed by atoms with van der Waals surface area (Å²) in [5.41, 5.74) is 21.2. The van der Waals surface area contributed by atoms with Gasteiger partial charge >= 0.3 is 28.1 Å². The number of Topliss-reactive ketones (excluding diaryl/α,β-unsaturated/α-hetero) is 1. The van der Waals surface area contributed by atoms with Crippen LogP contribution < -0.4 is 37.6 Å². The van der Waals surface area contributed by atoms with Crippen LogP contribution in [0.4, 0.5) is 0 Å². The molecule has 0 atom stereocenters. The van der Waals surface area contributed by atoms with Gasteiger partial charge in [0.1, 0.15) is 50.6 Å². The van der Waals surface area contributed by atoms with Crippen LogP contribution in [-0.4, -0.2) is 52.7 Å². The molecule has 730 valence electrons. The number of methoxy groups -OCH3 is 2. The van der Waals surface area contributed by atoms with Crippen molar-refractivity contribution >= 4 is 133 Å². The summed E-state index contributed by atoms with van der Waals surface area (Å²) < 4.78 is 52.9. The quantitative estimate of drug-likeness (QED) is 0.0654. The molecule has 1 N–H and O–H groups in total. The zero-order valence-electron chi connectivity index (χ0n) is 82.3. The van der Waals surface area contributed by atoms with Crippen molar-refractivity contribution in [2.24, 2.45) is 7.05 Å². The van der Waals surface area contributed by atoms with Gasteiger partial charge in [0.15, 0.2) is 17.3 Å². The predicted molar refractivity (Wildman–Crippen MR) is 585 cm³/mol. The molecule has 0 amide bonds. The normalized spacial score (nSPS) is 11.5. The van der Waals surface area contributed by atoms with Crippen molar-refractivity contribution < 1.29 is 64.4 Å². The van der Waals surface area contributed by atoms with Gasteiger partial charge in [-0.25, -0.2) is 24.0 Å². The van der Waals surface area contributed by atoms with E-state index in [1.54, 1.807) is 79.9 Å². The van der Waals surface area contributed by atoms with Crippen LogP contribution >= 0.6 is 0 Å². The van der Waals surface area contributed by atoms with Gasteiger partial charge in [0.2, 0.25) is 23.1 Å². The Hall–Kier alpha value is -19.8. The molecule has 24 aromatic rings. The van der Waals surface area contributed by atoms with Gasteiger partial charge in [-0.3, -0.25) is 24.0 Å². The van der Waals surface area contributed by atoms with E-state index >= 15 is 0 Å². The van der Waals surface area contributed by atoms with Crippen LogP contribution in [0.3, 0.4) is 0 Å². The largest absolute Gasteiger partial charge is 0.497 e. The van der Waals surface area contributed by atoms with Crippen molar-refractivity contribution in [2.75, 3.05) is 14.2 Å². The smallest absolute Gasteiger partial charge is 0.336 e. The predicted octanol–water partition coefficient (Wildman–Crippen LogP) is 27.8. The van der Waals surface area contributed by atoms with Crippen LogP contribution in [0.1, 0.15) is 119 Å². The number of rotatable bonds is 17. The first-order valence-corrected chi connectivity index (χ1v) is 48.3. The molecule has 9 aromatic heterocycles. The lowest BCUT2D eigenvalue weighted by Crippen LogP contribution is -2.08. The van der Waals surface area contributed by atoms with Crippen molar-refractivity contribution in [1.82, 2.24) is 9.55 Å². The molecule has 25 rings (SSSR count). The van der Waals surface area contributed by atoms with E-state index in [0.717, 1.165) is 138 Å². The van der Waals surface area contributed by atoms with Crippen LogP contribution in [0.5, 0.6) is 11.5 Å². The van der Waals surface area contributed by atoms with E-state index in [1.807, 2.05) is 325 Å². The van der Waals surface area contributed by atoms with Crippen molar-refractivity contribution in [3.05, 3.63) is 535 Å². The molecule has 1 aliphatic carbocycles. The molecule has 0 unspecified atom stereocenters. The number of H-pyrrole nitrogens is 1. The molecule has 0 fully saturated rings. The molecule has 0 aliphatic heterocycles. The minimum atomic E-state index is -0.449. The SMILES string of the molecule is COc1cccc(C(=O)c2oc3ccc4c(C)cc(=O)oc4c3c2-c2ccccc2)c1.COc1ccccc1C(=O)c1oc2ccc3c(C)cc(=O)oc3c2c1-c1ccccc1.Cc1cc(=O)oc2c1ccc1[nH]c(C(=O)c3ccccc3)c(-c3ccccc3)c12.Cc1cc(=O)oc2c1ccc1c2c(-c2ccccc2)c(C(=O)c2ccccc2)n1C.Cc1cc(=O)oc2c3c(ccc12)CC(C(=O)c1ccccc1)=C3c1ccccc1. The number of carbonyl (C=O) groups excluding carboxylic acids is 5. The van der Waals surface area contributed by atoms with Gasteiger partial charge in [-0.05, 0) is 169 Å². The number of ketones is 5. The number of aromatic nitrogens is 2. The summed E-state index contributed by atoms with van der Waals surface area (Å²) in [7, 11) is 4.95. The number of aryl methyl sites for hydroxylation is 6. The van der Waals surface area contributed by atoms with Gasteiger partial charge in [-0.2, -0.15) is 0 Å². The number of nitrogens with zero attached hydrogens (tertiary/aromatic N) is 1. The van der Waals surface area contributed by atoms with Gasteiger partial charge < -0.3 is 49.9 Å². The summed E-state index contributed by atoms with van der Waals surface area (Å²) in [4.78, 5) is 132. The monoisotopic (exact) mass is 1970 g/mol. The maximum atomic E-state index is 13.6. The summed E-state index contributed by atoms with van der Waals surface area (Å²) in [5, 5.41) is 6.93. The third-order valence-corrected chi connectivity index (χ3v) is 27.1. The zero-order valence-corrected chi connectivity index (χ0v) is 82.3. The Balaban J connectivity index is 0.000000109. The Morgan fingerprint density at radius 2 is 0.660 bits per heavy atom. The Morgan fingerprint density at radius 1 is 0.293 bits per heavy atom. The molecule has 150 heavy (non-hydrogen) atoms. The maximum Gasteiger partial charge on any atom is 0.336 e. The Morgan fingerprint density at radius 3 is 1.13 bits per heavy atom. The Kier molecular flexibility index (Phi) is 26.2. The van der Waals surface area contributed by atoms with Crippen molar-refractivity contribution in [3.8, 4) is 56.0 Å². The van der Waals surface area contributed by atoms with Gasteiger partial charge in [-0.1, -0.05) is 279 Å². The lowest BCUT2D eigenvalue weighted by atomic mass is 9.93. The van der Waals surface area contributed by atoms with Crippen LogP contribution in [-0.2, 0) is 13.5 Å². The van der Waals surface area contributed by atoms with Crippen LogP contribution in [0.25, 0.3) is 149 Å². The molecular formula is C129H90N2O19. The van der Waals surface area contributed by atoms with Crippen molar-refractivity contribution in [3.63, 3.8) is 0 Å². The maximum absolute atomic E-state index is 13.6. The lowest BCUT2D eigenvalue weighted by Gasteiger charge is -2.11. The number of hydrogen-bond acceptors (Lipinski definition) is 19. The molecule has 9 heterocycles. The van der Waals surface area contributed by atoms with E-state index in [0.29, 0.717) is 118 Å². The number of hydrogen-bond donors (Lipinski definition) is 1. The molecule has 15 aromatic carbocycles. The number of nitrogens with one attached hydrogen (secondary N) is 1. The van der Waals surface area contributed by atoms with E-state index in [2.05, 4.69) is 4.98 Å². The molecule has 0 saturated heterocycles. The van der Waals surface area contributed by atoms with Gasteiger partial charge in [0, 0.05) is 132 Å². The number of para-hydroxylation sites is 1. The highest BCUT2D eigenvalue weighted by Crippen LogP contribution is 2.48. The average Bonchev–Trinajstić information content (AvgIpc) is 1.58. The van der Waals surface area contributed by atoms with E-state index in [1.165, 1.54) is 37.4 Å². The lowest BCUT2D eigenvalue weighted by molar-refractivity contribution is 0.100. The summed E-state index contributed by atoms with van der Waals surface area (Å²) in [6, 6.07) is 116. The summed E-state index contributed by atoms with van der Waals surface area (Å²) in [5.74, 6) is 0.625. The van der Waals surface area contributed by atoms with Crippen LogP contribution in [0.2, 0.25) is 0 Å². The number of ether oxygens (including phenoxy) is 2. The fourth-order valence-corrected chi connectivity index (χ4v) is 20.0. The Bertz CT molecular complexity index is 9900. The zero-order chi connectivity index (χ0) is 104. The summed E-state index contributed by atoms with van der Waals surface area (Å²) >= 11 is 0. The standard InChI is InChI=1S/C26H19NO3.2C26H18O5.C26H18O3.C25H17NO3/c1-16-15-21(28)30-26-19(16)13-14-20-23(26)22(17-9-5-3-6-10-17)24(27(20)2)25(29)18-11-7-4-8-12-18;1-15-14-21(27)31-25-17(15)12-13-20-23(25)22(16-8-4-3-5-9-16)26(30-20)24(28)18-10-6-7-11-19(18)29-2;1-15-13-21(27)31-25-19(15)11-12-20-23(25)22(16-7-4-3-5-8-16)26(30-20)24(28)17-9-6-10-18(14-17)29-2;1-16-14-22(27)29-26-20(16)13-12-19-15-21(25(28)18-10-6-3-7-11-18)23(24(19)26)17-8-4-2-5-9-17;1-15-14-20(27)29-25-18(15)12-13-19-22(25)21(16-8-4-2-5-9-16)23(26-19)24(28)17-10-6-3-7-11-17/h3-15H,1-2H3;2*3-14H,1-2H3;2-14H,15H2,1H3;2-14,26H,1H3.